The first-order chi connectivity index (χ1) is 14.1. The van der Waals surface area contributed by atoms with Gasteiger partial charge in [0.2, 0.25) is 0 Å². The fourth-order valence-corrected chi connectivity index (χ4v) is 5.37. The van der Waals surface area contributed by atoms with Crippen molar-refractivity contribution in [2.24, 2.45) is 0 Å². The van der Waals surface area contributed by atoms with Gasteiger partial charge >= 0.3 is 0 Å². The normalized spacial score (nSPS) is 19.1. The van der Waals surface area contributed by atoms with Crippen LogP contribution in [0.25, 0.3) is 0 Å². The minimum absolute atomic E-state index is 0.0631. The van der Waals surface area contributed by atoms with Gasteiger partial charge in [-0.15, -0.1) is 0 Å². The zero-order valence-electron chi connectivity index (χ0n) is 18.7. The van der Waals surface area contributed by atoms with Crippen LogP contribution in [0.4, 0.5) is 0 Å². The highest BCUT2D eigenvalue weighted by atomic mass is 35.5. The highest BCUT2D eigenvalue weighted by Crippen LogP contribution is 2.30. The van der Waals surface area contributed by atoms with E-state index in [1.54, 1.807) is 0 Å². The van der Waals surface area contributed by atoms with Crippen molar-refractivity contribution in [1.82, 2.24) is 15.5 Å². The second-order valence-corrected chi connectivity index (χ2v) is 10.5. The Morgan fingerprint density at radius 3 is 2.23 bits per heavy atom. The first kappa shape index (κ1) is 23.1. The molecule has 2 aromatic carbocycles. The predicted octanol–water partition coefficient (Wildman–Crippen LogP) is 6.09. The summed E-state index contributed by atoms with van der Waals surface area (Å²) in [6.45, 7) is 11.9. The highest BCUT2D eigenvalue weighted by molar-refractivity contribution is 7.80. The summed E-state index contributed by atoms with van der Waals surface area (Å²) in [4.78, 5) is 2.26. The van der Waals surface area contributed by atoms with Crippen LogP contribution in [-0.4, -0.2) is 27.1 Å². The fraction of sp³-hybridized carbons (Fsp3) is 0.480. The molecule has 0 spiro atoms. The Morgan fingerprint density at radius 2 is 1.63 bits per heavy atom. The molecular formula is C25H34ClN3S. The molecule has 3 nitrogen and oxygen atoms in total. The molecule has 0 bridgehead atoms. The summed E-state index contributed by atoms with van der Waals surface area (Å²) in [5, 5.41) is 9.00. The number of benzene rings is 2. The molecule has 1 atom stereocenters. The zero-order valence-corrected chi connectivity index (χ0v) is 20.3. The molecule has 1 aliphatic rings. The predicted molar refractivity (Wildman–Crippen MR) is 132 cm³/mol. The zero-order chi connectivity index (χ0) is 21.9. The smallest absolute Gasteiger partial charge is 0.169 e. The number of halogens is 1. The highest BCUT2D eigenvalue weighted by Gasteiger charge is 2.38. The standard InChI is InChI=1S/C25H34ClN3S/c1-18(19-11-7-6-8-12-19)29(17-20-13-9-10-14-22(20)26)23(30)27-21-15-24(2,3)28-25(4,5)16-21/h6-14,18,21,28H,15-17H2,1-5H3,(H,27,30). The van der Waals surface area contributed by atoms with E-state index in [4.69, 9.17) is 23.8 Å². The van der Waals surface area contributed by atoms with Crippen LogP contribution in [-0.2, 0) is 6.54 Å². The van der Waals surface area contributed by atoms with E-state index >= 15 is 0 Å². The van der Waals surface area contributed by atoms with Crippen LogP contribution in [0.3, 0.4) is 0 Å². The Bertz CT molecular complexity index is 850. The molecule has 0 saturated carbocycles. The number of nitrogens with zero attached hydrogens (tertiary/aromatic N) is 1. The van der Waals surface area contributed by atoms with Crippen molar-refractivity contribution in [3.8, 4) is 0 Å². The maximum atomic E-state index is 6.49. The van der Waals surface area contributed by atoms with Crippen molar-refractivity contribution in [2.45, 2.75) is 77.2 Å². The molecule has 1 aliphatic heterocycles. The SMILES string of the molecule is CC(c1ccccc1)N(Cc1ccccc1Cl)C(=S)NC1CC(C)(C)NC(C)(C)C1. The van der Waals surface area contributed by atoms with Gasteiger partial charge in [0.05, 0.1) is 6.04 Å². The molecule has 1 unspecified atom stereocenters. The molecule has 2 N–H and O–H groups in total. The average Bonchev–Trinajstić information content (AvgIpc) is 2.65. The number of thiocarbonyl (C=S) groups is 1. The van der Waals surface area contributed by atoms with Crippen molar-refractivity contribution in [1.29, 1.82) is 0 Å². The van der Waals surface area contributed by atoms with Gasteiger partial charge in [-0.2, -0.15) is 0 Å². The second kappa shape index (κ2) is 9.25. The Kier molecular flexibility index (Phi) is 7.11. The molecule has 3 rings (SSSR count). The quantitative estimate of drug-likeness (QED) is 0.547. The third kappa shape index (κ3) is 5.96. The monoisotopic (exact) mass is 443 g/mol. The maximum absolute atomic E-state index is 6.49. The second-order valence-electron chi connectivity index (χ2n) is 9.75. The number of hydrogen-bond donors (Lipinski definition) is 2. The maximum Gasteiger partial charge on any atom is 0.169 e. The van der Waals surface area contributed by atoms with Gasteiger partial charge in [-0.1, -0.05) is 60.1 Å². The lowest BCUT2D eigenvalue weighted by Crippen LogP contribution is -2.62. The molecular weight excluding hydrogens is 410 g/mol. The topological polar surface area (TPSA) is 27.3 Å². The Hall–Kier alpha value is -1.62. The van der Waals surface area contributed by atoms with E-state index < -0.39 is 0 Å². The van der Waals surface area contributed by atoms with Crippen LogP contribution < -0.4 is 10.6 Å². The third-order valence-corrected chi connectivity index (χ3v) is 6.55. The van der Waals surface area contributed by atoms with E-state index in [0.29, 0.717) is 12.6 Å². The van der Waals surface area contributed by atoms with Crippen LogP contribution in [0.5, 0.6) is 0 Å². The van der Waals surface area contributed by atoms with Gasteiger partial charge in [-0.3, -0.25) is 0 Å². The van der Waals surface area contributed by atoms with E-state index in [1.165, 1.54) is 5.56 Å². The minimum atomic E-state index is 0.0631. The van der Waals surface area contributed by atoms with Crippen molar-refractivity contribution in [3.05, 3.63) is 70.7 Å². The van der Waals surface area contributed by atoms with Gasteiger partial charge < -0.3 is 15.5 Å². The minimum Gasteiger partial charge on any atom is -0.360 e. The fourth-order valence-electron chi connectivity index (χ4n) is 4.79. The molecule has 162 valence electrons. The first-order valence-corrected chi connectivity index (χ1v) is 11.5. The van der Waals surface area contributed by atoms with Gasteiger partial charge in [0.25, 0.3) is 0 Å². The van der Waals surface area contributed by atoms with Crippen molar-refractivity contribution in [3.63, 3.8) is 0 Å². The van der Waals surface area contributed by atoms with E-state index in [9.17, 15) is 0 Å². The summed E-state index contributed by atoms with van der Waals surface area (Å²) in [6, 6.07) is 19.0. The summed E-state index contributed by atoms with van der Waals surface area (Å²) in [5.41, 5.74) is 2.44. The molecule has 5 heteroatoms. The van der Waals surface area contributed by atoms with Gasteiger partial charge in [0.15, 0.2) is 5.11 Å². The van der Waals surface area contributed by atoms with Gasteiger partial charge in [0.1, 0.15) is 0 Å². The van der Waals surface area contributed by atoms with Crippen LogP contribution in [0.15, 0.2) is 54.6 Å². The number of rotatable bonds is 5. The molecule has 0 radical (unpaired) electrons. The summed E-state index contributed by atoms with van der Waals surface area (Å²) < 4.78 is 0. The molecule has 0 aromatic heterocycles. The number of nitrogens with one attached hydrogen (secondary N) is 2. The lowest BCUT2D eigenvalue weighted by atomic mass is 9.80. The lowest BCUT2D eigenvalue weighted by Gasteiger charge is -2.47. The van der Waals surface area contributed by atoms with E-state index in [1.807, 2.05) is 24.3 Å². The van der Waals surface area contributed by atoms with Gasteiger partial charge in [-0.25, -0.2) is 0 Å². The summed E-state index contributed by atoms with van der Waals surface area (Å²) in [6.07, 6.45) is 2.05. The van der Waals surface area contributed by atoms with Crippen LogP contribution in [0.2, 0.25) is 5.02 Å². The van der Waals surface area contributed by atoms with Gasteiger partial charge in [-0.05, 0) is 76.9 Å². The molecule has 30 heavy (non-hydrogen) atoms. The number of hydrogen-bond acceptors (Lipinski definition) is 2. The molecule has 1 heterocycles. The Labute approximate surface area is 192 Å². The third-order valence-electron chi connectivity index (χ3n) is 5.83. The lowest BCUT2D eigenvalue weighted by molar-refractivity contribution is 0.152. The molecule has 2 aromatic rings. The van der Waals surface area contributed by atoms with Crippen LogP contribution in [0, 0.1) is 0 Å². The molecule has 0 amide bonds. The molecule has 1 fully saturated rings. The molecule has 0 aliphatic carbocycles. The van der Waals surface area contributed by atoms with E-state index in [2.05, 4.69) is 80.5 Å². The first-order valence-electron chi connectivity index (χ1n) is 10.7. The van der Waals surface area contributed by atoms with Crippen molar-refractivity contribution < 1.29 is 0 Å². The summed E-state index contributed by atoms with van der Waals surface area (Å²) >= 11 is 12.5. The van der Waals surface area contributed by atoms with Crippen molar-refractivity contribution in [2.75, 3.05) is 0 Å². The summed E-state index contributed by atoms with van der Waals surface area (Å²) in [7, 11) is 0. The van der Waals surface area contributed by atoms with Crippen molar-refractivity contribution >= 4 is 28.9 Å². The molecule has 1 saturated heterocycles. The van der Waals surface area contributed by atoms with Gasteiger partial charge in [0, 0.05) is 28.7 Å². The van der Waals surface area contributed by atoms with Crippen LogP contribution >= 0.6 is 23.8 Å². The Balaban J connectivity index is 1.84. The average molecular weight is 444 g/mol. The Morgan fingerprint density at radius 1 is 1.07 bits per heavy atom. The summed E-state index contributed by atoms with van der Waals surface area (Å²) in [5.74, 6) is 0. The van der Waals surface area contributed by atoms with Crippen LogP contribution in [0.1, 0.15) is 64.6 Å². The van der Waals surface area contributed by atoms with E-state index in [-0.39, 0.29) is 17.1 Å². The van der Waals surface area contributed by atoms with E-state index in [0.717, 1.165) is 28.5 Å². The largest absolute Gasteiger partial charge is 0.360 e. The number of piperidine rings is 1.